The van der Waals surface area contributed by atoms with E-state index >= 15 is 0 Å². The number of aromatic nitrogens is 2. The Labute approximate surface area is 205 Å². The Morgan fingerprint density at radius 2 is 1.88 bits per heavy atom. The molecule has 2 N–H and O–H groups in total. The van der Waals surface area contributed by atoms with Crippen LogP contribution in [0, 0.1) is 0 Å². The monoisotopic (exact) mass is 554 g/mol. The van der Waals surface area contributed by atoms with Crippen molar-refractivity contribution in [3.63, 3.8) is 0 Å². The van der Waals surface area contributed by atoms with Crippen molar-refractivity contribution in [2.75, 3.05) is 23.0 Å². The van der Waals surface area contributed by atoms with Crippen molar-refractivity contribution in [2.24, 2.45) is 0 Å². The Hall–Kier alpha value is -2.47. The third kappa shape index (κ3) is 6.76. The fourth-order valence-corrected chi connectivity index (χ4v) is 4.49. The van der Waals surface area contributed by atoms with Gasteiger partial charge >= 0.3 is 5.97 Å². The molecule has 0 bridgehead atoms. The average molecular weight is 556 g/mol. The summed E-state index contributed by atoms with van der Waals surface area (Å²) in [6, 6.07) is 11.4. The fourth-order valence-electron chi connectivity index (χ4n) is 2.38. The van der Waals surface area contributed by atoms with E-state index in [-0.39, 0.29) is 11.7 Å². The van der Waals surface area contributed by atoms with Gasteiger partial charge in [0.25, 0.3) is 5.91 Å². The molecule has 166 valence electrons. The molecule has 1 heterocycles. The molecule has 0 saturated carbocycles. The minimum absolute atomic E-state index is 0.0969. The zero-order chi connectivity index (χ0) is 23.1. The summed E-state index contributed by atoms with van der Waals surface area (Å²) in [6.07, 6.45) is 0. The van der Waals surface area contributed by atoms with Gasteiger partial charge in [-0.3, -0.25) is 14.9 Å². The molecule has 0 saturated heterocycles. The molecule has 0 unspecified atom stereocenters. The maximum absolute atomic E-state index is 12.4. The van der Waals surface area contributed by atoms with Crippen molar-refractivity contribution < 1.29 is 19.1 Å². The third-order valence-electron chi connectivity index (χ3n) is 3.81. The number of halogens is 2. The van der Waals surface area contributed by atoms with Crippen molar-refractivity contribution in [3.8, 4) is 0 Å². The summed E-state index contributed by atoms with van der Waals surface area (Å²) in [5.74, 6) is -0.976. The second-order valence-electron chi connectivity index (χ2n) is 6.09. The summed E-state index contributed by atoms with van der Waals surface area (Å²) in [4.78, 5) is 36.2. The molecule has 3 aromatic rings. The van der Waals surface area contributed by atoms with Crippen LogP contribution in [0.5, 0.6) is 0 Å². The first-order chi connectivity index (χ1) is 15.4. The van der Waals surface area contributed by atoms with Crippen LogP contribution >= 0.6 is 50.6 Å². The van der Waals surface area contributed by atoms with E-state index in [0.717, 1.165) is 15.8 Å². The van der Waals surface area contributed by atoms with E-state index in [9.17, 15) is 14.4 Å². The summed E-state index contributed by atoms with van der Waals surface area (Å²) in [7, 11) is 0. The highest BCUT2D eigenvalue weighted by Crippen LogP contribution is 2.27. The highest BCUT2D eigenvalue weighted by molar-refractivity contribution is 9.10. The topological polar surface area (TPSA) is 110 Å². The molecule has 0 aliphatic rings. The lowest BCUT2D eigenvalue weighted by atomic mass is 10.2. The highest BCUT2D eigenvalue weighted by atomic mass is 79.9. The molecule has 0 atom stereocenters. The number of ether oxygens (including phenoxy) is 1. The normalized spacial score (nSPS) is 10.5. The summed E-state index contributed by atoms with van der Waals surface area (Å²) in [5, 5.41) is 13.9. The molecule has 0 spiro atoms. The van der Waals surface area contributed by atoms with Crippen LogP contribution < -0.4 is 10.6 Å². The van der Waals surface area contributed by atoms with Gasteiger partial charge in [0, 0.05) is 10.2 Å². The molecule has 2 amide bonds. The van der Waals surface area contributed by atoms with Gasteiger partial charge in [-0.05, 0) is 49.4 Å². The zero-order valence-electron chi connectivity index (χ0n) is 16.6. The maximum atomic E-state index is 12.4. The number of carbonyl (C=O) groups is 3. The Balaban J connectivity index is 1.50. The van der Waals surface area contributed by atoms with Crippen molar-refractivity contribution in [2.45, 2.75) is 11.3 Å². The van der Waals surface area contributed by atoms with Crippen LogP contribution in [-0.2, 0) is 9.53 Å². The van der Waals surface area contributed by atoms with Gasteiger partial charge in [0.05, 0.1) is 28.5 Å². The molecule has 12 heteroatoms. The quantitative estimate of drug-likeness (QED) is 0.226. The van der Waals surface area contributed by atoms with E-state index in [0.29, 0.717) is 37.9 Å². The van der Waals surface area contributed by atoms with Crippen molar-refractivity contribution in [1.29, 1.82) is 0 Å². The van der Waals surface area contributed by atoms with Gasteiger partial charge in [-0.2, -0.15) is 0 Å². The number of rotatable bonds is 8. The number of carbonyl (C=O) groups excluding carboxylic acids is 3. The Kier molecular flexibility index (Phi) is 8.62. The average Bonchev–Trinajstić information content (AvgIpc) is 3.22. The van der Waals surface area contributed by atoms with Crippen molar-refractivity contribution >= 4 is 79.2 Å². The van der Waals surface area contributed by atoms with Gasteiger partial charge in [0.1, 0.15) is 0 Å². The van der Waals surface area contributed by atoms with Crippen molar-refractivity contribution in [1.82, 2.24) is 10.2 Å². The Morgan fingerprint density at radius 1 is 1.12 bits per heavy atom. The lowest BCUT2D eigenvalue weighted by Crippen LogP contribution is -2.14. The van der Waals surface area contributed by atoms with Gasteiger partial charge in [-0.15, -0.1) is 10.2 Å². The van der Waals surface area contributed by atoms with E-state index < -0.39 is 11.9 Å². The second kappa shape index (κ2) is 11.4. The number of nitrogens with zero attached hydrogens (tertiary/aromatic N) is 2. The predicted octanol–water partition coefficient (Wildman–Crippen LogP) is 5.11. The van der Waals surface area contributed by atoms with Crippen LogP contribution in [0.2, 0.25) is 5.02 Å². The van der Waals surface area contributed by atoms with Crippen LogP contribution in [0.3, 0.4) is 0 Å². The molecule has 2 aromatic carbocycles. The van der Waals surface area contributed by atoms with Gasteiger partial charge in [-0.25, -0.2) is 4.79 Å². The van der Waals surface area contributed by atoms with E-state index in [1.807, 2.05) is 0 Å². The smallest absolute Gasteiger partial charge is 0.338 e. The molecular formula is C20H16BrClN4O4S2. The molecule has 3 rings (SSSR count). The number of esters is 1. The minimum atomic E-state index is -0.415. The lowest BCUT2D eigenvalue weighted by Gasteiger charge is -2.06. The molecule has 0 radical (unpaired) electrons. The van der Waals surface area contributed by atoms with Gasteiger partial charge in [0.2, 0.25) is 11.0 Å². The first-order valence-corrected chi connectivity index (χ1v) is 12.1. The molecule has 0 aliphatic carbocycles. The molecule has 0 aliphatic heterocycles. The van der Waals surface area contributed by atoms with Crippen LogP contribution in [0.15, 0.2) is 51.3 Å². The fraction of sp³-hybridized carbons (Fsp3) is 0.150. The highest BCUT2D eigenvalue weighted by Gasteiger charge is 2.15. The van der Waals surface area contributed by atoms with Crippen LogP contribution in [-0.4, -0.2) is 40.3 Å². The van der Waals surface area contributed by atoms with Crippen LogP contribution in [0.1, 0.15) is 27.6 Å². The van der Waals surface area contributed by atoms with Crippen LogP contribution in [0.4, 0.5) is 10.8 Å². The standard InChI is InChI=1S/C20H16BrClN4O4S2/c1-2-30-18(29)11-3-6-13(7-4-11)23-16(27)10-31-20-26-25-19(32-20)24-17(28)14-9-12(21)5-8-15(14)22/h3-9H,2,10H2,1H3,(H,23,27)(H,24,25,28). The van der Waals surface area contributed by atoms with E-state index in [1.165, 1.54) is 11.8 Å². The summed E-state index contributed by atoms with van der Waals surface area (Å²) >= 11 is 11.7. The first kappa shape index (κ1) is 24.2. The molecule has 8 nitrogen and oxygen atoms in total. The van der Waals surface area contributed by atoms with Gasteiger partial charge in [-0.1, -0.05) is 50.6 Å². The maximum Gasteiger partial charge on any atom is 0.338 e. The Morgan fingerprint density at radius 3 is 2.59 bits per heavy atom. The molecule has 0 fully saturated rings. The first-order valence-electron chi connectivity index (χ1n) is 9.15. The molecule has 32 heavy (non-hydrogen) atoms. The number of nitrogens with one attached hydrogen (secondary N) is 2. The number of thioether (sulfide) groups is 1. The largest absolute Gasteiger partial charge is 0.462 e. The summed E-state index contributed by atoms with van der Waals surface area (Å²) in [6.45, 7) is 2.03. The number of anilines is 2. The third-order valence-corrected chi connectivity index (χ3v) is 6.60. The number of benzene rings is 2. The Bertz CT molecular complexity index is 1140. The van der Waals surface area contributed by atoms with Gasteiger partial charge in [0.15, 0.2) is 4.34 Å². The van der Waals surface area contributed by atoms with Crippen LogP contribution in [0.25, 0.3) is 0 Å². The summed E-state index contributed by atoms with van der Waals surface area (Å²) < 4.78 is 6.17. The number of hydrogen-bond donors (Lipinski definition) is 2. The molecular weight excluding hydrogens is 540 g/mol. The van der Waals surface area contributed by atoms with E-state index in [4.69, 9.17) is 16.3 Å². The second-order valence-corrected chi connectivity index (χ2v) is 9.61. The predicted molar refractivity (Wildman–Crippen MR) is 129 cm³/mol. The number of hydrogen-bond acceptors (Lipinski definition) is 8. The van der Waals surface area contributed by atoms with E-state index in [2.05, 4.69) is 36.8 Å². The van der Waals surface area contributed by atoms with Crippen molar-refractivity contribution in [3.05, 3.63) is 63.1 Å². The zero-order valence-corrected chi connectivity index (χ0v) is 20.5. The minimum Gasteiger partial charge on any atom is -0.462 e. The summed E-state index contributed by atoms with van der Waals surface area (Å²) in [5.41, 5.74) is 1.27. The lowest BCUT2D eigenvalue weighted by molar-refractivity contribution is -0.113. The number of amides is 2. The molecule has 1 aromatic heterocycles. The van der Waals surface area contributed by atoms with Gasteiger partial charge < -0.3 is 10.1 Å². The SMILES string of the molecule is CCOC(=O)c1ccc(NC(=O)CSc2nnc(NC(=O)c3cc(Br)ccc3Cl)s2)cc1. The van der Waals surface area contributed by atoms with E-state index in [1.54, 1.807) is 49.4 Å².